The Kier molecular flexibility index (Phi) is 28.6. The van der Waals surface area contributed by atoms with E-state index in [9.17, 15) is 19.4 Å². The molecule has 3 unspecified atom stereocenters. The van der Waals surface area contributed by atoms with Gasteiger partial charge in [-0.15, -0.1) is 0 Å². The molecule has 1 saturated heterocycles. The molecule has 1 aliphatic heterocycles. The third-order valence-corrected chi connectivity index (χ3v) is 10.1. The number of hydrogen-bond acceptors (Lipinski definition) is 7. The van der Waals surface area contributed by atoms with E-state index in [1.807, 2.05) is 27.2 Å². The molecule has 0 aromatic carbocycles. The van der Waals surface area contributed by atoms with Gasteiger partial charge in [-0.05, 0) is 57.8 Å². The molecular formula is C42H77N2O7P. The molecule has 0 bridgehead atoms. The lowest BCUT2D eigenvalue weighted by Gasteiger charge is -2.29. The summed E-state index contributed by atoms with van der Waals surface area (Å²) in [6.07, 6.45) is 39.0. The molecule has 1 heterocycles. The van der Waals surface area contributed by atoms with Crippen LogP contribution in [0.4, 0.5) is 0 Å². The molecule has 1 aliphatic rings. The molecule has 0 saturated carbocycles. The summed E-state index contributed by atoms with van der Waals surface area (Å²) in [6.45, 7) is 4.53. The Hall–Kier alpha value is -1.58. The highest BCUT2D eigenvalue weighted by Gasteiger charge is 2.36. The number of ether oxygens (including phenoxy) is 1. The number of amides is 1. The first-order chi connectivity index (χ1) is 25.0. The second kappa shape index (κ2) is 30.7. The van der Waals surface area contributed by atoms with Gasteiger partial charge in [0.15, 0.2) is 0 Å². The number of hydrogen-bond donors (Lipinski definition) is 2. The van der Waals surface area contributed by atoms with Crippen LogP contribution in [0.3, 0.4) is 0 Å². The third kappa shape index (κ3) is 29.8. The van der Waals surface area contributed by atoms with E-state index < -0.39 is 26.6 Å². The third-order valence-electron chi connectivity index (χ3n) is 9.19. The molecule has 10 heteroatoms. The summed E-state index contributed by atoms with van der Waals surface area (Å²) in [5.74, 6) is -0.259. The molecule has 1 fully saturated rings. The number of allylic oxidation sites excluding steroid dienone is 5. The normalized spacial score (nSPS) is 18.9. The Labute approximate surface area is 318 Å². The molecule has 1 amide bonds. The fourth-order valence-corrected chi connectivity index (χ4v) is 6.44. The van der Waals surface area contributed by atoms with Gasteiger partial charge in [0.2, 0.25) is 5.91 Å². The monoisotopic (exact) mass is 753 g/mol. The van der Waals surface area contributed by atoms with Crippen molar-refractivity contribution < 1.29 is 37.6 Å². The highest BCUT2D eigenvalue weighted by molar-refractivity contribution is 7.45. The Morgan fingerprint density at radius 3 is 1.94 bits per heavy atom. The topological polar surface area (TPSA) is 120 Å². The van der Waals surface area contributed by atoms with Crippen LogP contribution in [0.15, 0.2) is 48.6 Å². The molecule has 0 aromatic heterocycles. The zero-order valence-corrected chi connectivity index (χ0v) is 34.6. The van der Waals surface area contributed by atoms with Crippen LogP contribution in [-0.2, 0) is 23.1 Å². The van der Waals surface area contributed by atoms with Gasteiger partial charge in [-0.3, -0.25) is 9.36 Å². The Balaban J connectivity index is 2.40. The number of epoxide rings is 1. The van der Waals surface area contributed by atoms with Crippen molar-refractivity contribution in [1.29, 1.82) is 0 Å². The molecular weight excluding hydrogens is 675 g/mol. The number of aliphatic hydroxyl groups excluding tert-OH is 1. The molecule has 0 aliphatic carbocycles. The Morgan fingerprint density at radius 2 is 1.29 bits per heavy atom. The van der Waals surface area contributed by atoms with Crippen molar-refractivity contribution >= 4 is 13.7 Å². The number of carbonyl (C=O) groups is 1. The van der Waals surface area contributed by atoms with E-state index in [2.05, 4.69) is 55.6 Å². The second-order valence-corrected chi connectivity index (χ2v) is 16.8. The van der Waals surface area contributed by atoms with E-state index in [1.54, 1.807) is 6.08 Å². The molecule has 5 atom stereocenters. The highest BCUT2D eigenvalue weighted by Crippen LogP contribution is 2.38. The summed E-state index contributed by atoms with van der Waals surface area (Å²) in [5, 5.41) is 13.7. The molecule has 302 valence electrons. The van der Waals surface area contributed by atoms with Crippen molar-refractivity contribution in [2.24, 2.45) is 0 Å². The number of carbonyl (C=O) groups excluding carboxylic acids is 1. The van der Waals surface area contributed by atoms with E-state index in [-0.39, 0.29) is 18.9 Å². The van der Waals surface area contributed by atoms with Crippen LogP contribution in [0.25, 0.3) is 0 Å². The van der Waals surface area contributed by atoms with E-state index in [4.69, 9.17) is 13.8 Å². The SMILES string of the molecule is CCCCC/C=C\CC1OC1C/C=C\C/C=C\CCCC(=O)N[C@@H](COP(=O)([O-])OCC[N+](C)(C)C)[C@H](O)/C=C/CCCCCCCCCCCC. The molecule has 2 N–H and O–H groups in total. The van der Waals surface area contributed by atoms with Crippen molar-refractivity contribution in [3.63, 3.8) is 0 Å². The van der Waals surface area contributed by atoms with E-state index in [1.165, 1.54) is 70.6 Å². The number of phosphoric ester groups is 1. The fraction of sp³-hybridized carbons (Fsp3) is 0.786. The van der Waals surface area contributed by atoms with Crippen LogP contribution < -0.4 is 10.2 Å². The number of phosphoric acid groups is 1. The highest BCUT2D eigenvalue weighted by atomic mass is 31.2. The van der Waals surface area contributed by atoms with Crippen LogP contribution in [-0.4, -0.2) is 80.8 Å². The van der Waals surface area contributed by atoms with Crippen LogP contribution >= 0.6 is 7.82 Å². The van der Waals surface area contributed by atoms with Crippen molar-refractivity contribution in [3.8, 4) is 0 Å². The average Bonchev–Trinajstić information content (AvgIpc) is 3.84. The standard InChI is InChI=1S/C42H77N2O7P/c1-6-8-10-12-14-15-16-17-18-20-23-27-31-39(45)38(37-50-52(47,48)49-36-35-44(3,4)5)43-42(46)34-30-26-22-19-21-25-29-33-41-40(51-41)32-28-24-13-11-9-7-2/h19,22,24-25,27-29,31,38-41,45H,6-18,20-21,23,26,30,32-37H2,1-5H3,(H-,43,46,47,48)/b22-19-,28-24-,29-25-,31-27+/t38-,39+,40?,41?/m0/s1. The van der Waals surface area contributed by atoms with E-state index >= 15 is 0 Å². The van der Waals surface area contributed by atoms with Gasteiger partial charge in [0, 0.05) is 6.42 Å². The van der Waals surface area contributed by atoms with Crippen LogP contribution in [0.5, 0.6) is 0 Å². The summed E-state index contributed by atoms with van der Waals surface area (Å²) in [7, 11) is 1.21. The van der Waals surface area contributed by atoms with Crippen LogP contribution in [0, 0.1) is 0 Å². The quantitative estimate of drug-likeness (QED) is 0.0218. The Morgan fingerprint density at radius 1 is 0.769 bits per heavy atom. The van der Waals surface area contributed by atoms with Gasteiger partial charge >= 0.3 is 0 Å². The maximum atomic E-state index is 12.8. The second-order valence-electron chi connectivity index (χ2n) is 15.4. The number of rotatable bonds is 35. The van der Waals surface area contributed by atoms with Gasteiger partial charge in [0.25, 0.3) is 7.82 Å². The predicted octanol–water partition coefficient (Wildman–Crippen LogP) is 9.26. The van der Waals surface area contributed by atoms with E-state index in [0.717, 1.165) is 51.4 Å². The number of nitrogens with one attached hydrogen (secondary N) is 1. The molecule has 0 spiro atoms. The predicted molar refractivity (Wildman–Crippen MR) is 214 cm³/mol. The summed E-state index contributed by atoms with van der Waals surface area (Å²) >= 11 is 0. The molecule has 1 rings (SSSR count). The smallest absolute Gasteiger partial charge is 0.268 e. The van der Waals surface area contributed by atoms with Gasteiger partial charge in [-0.2, -0.15) is 0 Å². The number of quaternary nitrogens is 1. The number of unbranched alkanes of at least 4 members (excludes halogenated alkanes) is 14. The lowest BCUT2D eigenvalue weighted by Crippen LogP contribution is -2.45. The average molecular weight is 753 g/mol. The largest absolute Gasteiger partial charge is 0.756 e. The minimum atomic E-state index is -4.60. The number of aliphatic hydroxyl groups is 1. The number of nitrogens with zero attached hydrogens (tertiary/aromatic N) is 1. The van der Waals surface area contributed by atoms with Gasteiger partial charge in [0.1, 0.15) is 13.2 Å². The molecule has 0 radical (unpaired) electrons. The maximum Gasteiger partial charge on any atom is 0.268 e. The first-order valence-electron chi connectivity index (χ1n) is 20.6. The summed E-state index contributed by atoms with van der Waals surface area (Å²) in [4.78, 5) is 25.2. The fourth-order valence-electron chi connectivity index (χ4n) is 5.71. The lowest BCUT2D eigenvalue weighted by atomic mass is 10.1. The summed E-state index contributed by atoms with van der Waals surface area (Å²) < 4.78 is 28.9. The van der Waals surface area contributed by atoms with Gasteiger partial charge in [-0.1, -0.05) is 133 Å². The number of likely N-dealkylation sites (N-methyl/N-ethyl adjacent to an activating group) is 1. The van der Waals surface area contributed by atoms with Crippen molar-refractivity contribution in [2.45, 2.75) is 173 Å². The first-order valence-corrected chi connectivity index (χ1v) is 22.1. The lowest BCUT2D eigenvalue weighted by molar-refractivity contribution is -0.870. The maximum absolute atomic E-state index is 12.8. The minimum absolute atomic E-state index is 0.0154. The minimum Gasteiger partial charge on any atom is -0.756 e. The molecule has 0 aromatic rings. The Bertz CT molecular complexity index is 1060. The van der Waals surface area contributed by atoms with Crippen molar-refractivity contribution in [2.75, 3.05) is 40.9 Å². The first kappa shape index (κ1) is 48.4. The van der Waals surface area contributed by atoms with Crippen molar-refractivity contribution in [3.05, 3.63) is 48.6 Å². The molecule has 9 nitrogen and oxygen atoms in total. The molecule has 52 heavy (non-hydrogen) atoms. The zero-order valence-electron chi connectivity index (χ0n) is 33.7. The summed E-state index contributed by atoms with van der Waals surface area (Å²) in [6, 6.07) is -0.918. The van der Waals surface area contributed by atoms with E-state index in [0.29, 0.717) is 29.7 Å². The van der Waals surface area contributed by atoms with Crippen LogP contribution in [0.1, 0.15) is 149 Å². The van der Waals surface area contributed by atoms with Crippen molar-refractivity contribution in [1.82, 2.24) is 5.32 Å². The van der Waals surface area contributed by atoms with Crippen LogP contribution in [0.2, 0.25) is 0 Å². The van der Waals surface area contributed by atoms with Gasteiger partial charge < -0.3 is 33.6 Å². The van der Waals surface area contributed by atoms with Gasteiger partial charge in [-0.25, -0.2) is 0 Å². The van der Waals surface area contributed by atoms with Gasteiger partial charge in [0.05, 0.1) is 52.1 Å². The summed E-state index contributed by atoms with van der Waals surface area (Å²) in [5.41, 5.74) is 0. The zero-order chi connectivity index (χ0) is 38.3.